The van der Waals surface area contributed by atoms with Gasteiger partial charge in [-0.3, -0.25) is 4.79 Å². The molecule has 0 fully saturated rings. The van der Waals surface area contributed by atoms with Crippen LogP contribution in [0.4, 0.5) is 5.69 Å². The number of esters is 1. The fourth-order valence-electron chi connectivity index (χ4n) is 2.12. The van der Waals surface area contributed by atoms with E-state index in [1.807, 2.05) is 25.1 Å². The molecular formula is C19H21NO6. The summed E-state index contributed by atoms with van der Waals surface area (Å²) >= 11 is 0. The molecule has 0 aromatic heterocycles. The third-order valence-corrected chi connectivity index (χ3v) is 3.44. The molecule has 0 spiro atoms. The molecule has 0 unspecified atom stereocenters. The minimum absolute atomic E-state index is 0.273. The van der Waals surface area contributed by atoms with E-state index in [2.05, 4.69) is 5.32 Å². The molecule has 7 nitrogen and oxygen atoms in total. The number of ether oxygens (including phenoxy) is 4. The van der Waals surface area contributed by atoms with Gasteiger partial charge >= 0.3 is 5.97 Å². The van der Waals surface area contributed by atoms with Gasteiger partial charge in [-0.05, 0) is 18.6 Å². The second-order valence-corrected chi connectivity index (χ2v) is 5.36. The summed E-state index contributed by atoms with van der Waals surface area (Å²) in [4.78, 5) is 23.7. The molecule has 0 aliphatic heterocycles. The van der Waals surface area contributed by atoms with Gasteiger partial charge in [0.2, 0.25) is 0 Å². The topological polar surface area (TPSA) is 83.1 Å². The van der Waals surface area contributed by atoms with Gasteiger partial charge in [-0.1, -0.05) is 18.2 Å². The predicted octanol–water partition coefficient (Wildman–Crippen LogP) is 2.57. The predicted molar refractivity (Wildman–Crippen MR) is 95.8 cm³/mol. The lowest BCUT2D eigenvalue weighted by atomic mass is 10.2. The van der Waals surface area contributed by atoms with E-state index < -0.39 is 18.5 Å². The second-order valence-electron chi connectivity index (χ2n) is 5.36. The molecule has 2 aromatic carbocycles. The average molecular weight is 359 g/mol. The maximum atomic E-state index is 11.9. The first kappa shape index (κ1) is 19.1. The van der Waals surface area contributed by atoms with Crippen molar-refractivity contribution in [3.8, 4) is 17.2 Å². The van der Waals surface area contributed by atoms with Crippen LogP contribution >= 0.6 is 0 Å². The van der Waals surface area contributed by atoms with E-state index >= 15 is 0 Å². The Balaban J connectivity index is 1.81. The Labute approximate surface area is 151 Å². The zero-order valence-electron chi connectivity index (χ0n) is 14.9. The van der Waals surface area contributed by atoms with E-state index in [0.29, 0.717) is 22.9 Å². The van der Waals surface area contributed by atoms with Crippen molar-refractivity contribution in [1.82, 2.24) is 0 Å². The van der Waals surface area contributed by atoms with Crippen LogP contribution in [0.25, 0.3) is 0 Å². The van der Waals surface area contributed by atoms with Crippen molar-refractivity contribution in [2.45, 2.75) is 6.92 Å². The van der Waals surface area contributed by atoms with E-state index in [9.17, 15) is 9.59 Å². The zero-order valence-corrected chi connectivity index (χ0v) is 14.9. The summed E-state index contributed by atoms with van der Waals surface area (Å²) in [6, 6.07) is 12.2. The quantitative estimate of drug-likeness (QED) is 0.730. The number of hydrogen-bond donors (Lipinski definition) is 1. The summed E-state index contributed by atoms with van der Waals surface area (Å²) in [6.45, 7) is 1.18. The molecule has 2 rings (SSSR count). The average Bonchev–Trinajstić information content (AvgIpc) is 2.65. The van der Waals surface area contributed by atoms with Crippen molar-refractivity contribution in [3.63, 3.8) is 0 Å². The van der Waals surface area contributed by atoms with Crippen molar-refractivity contribution >= 4 is 17.6 Å². The van der Waals surface area contributed by atoms with E-state index in [4.69, 9.17) is 18.9 Å². The fourth-order valence-corrected chi connectivity index (χ4v) is 2.12. The number of carbonyl (C=O) groups is 2. The van der Waals surface area contributed by atoms with Gasteiger partial charge in [0.25, 0.3) is 5.91 Å². The number of para-hydroxylation sites is 1. The summed E-state index contributed by atoms with van der Waals surface area (Å²) in [5, 5.41) is 2.61. The fraction of sp³-hybridized carbons (Fsp3) is 0.263. The van der Waals surface area contributed by atoms with E-state index in [1.54, 1.807) is 24.3 Å². The van der Waals surface area contributed by atoms with E-state index in [0.717, 1.165) is 5.56 Å². The summed E-state index contributed by atoms with van der Waals surface area (Å²) in [5.41, 5.74) is 1.38. The van der Waals surface area contributed by atoms with Crippen LogP contribution in [0.5, 0.6) is 17.2 Å². The van der Waals surface area contributed by atoms with Crippen molar-refractivity contribution in [2.24, 2.45) is 0 Å². The van der Waals surface area contributed by atoms with Crippen LogP contribution in [-0.4, -0.2) is 39.3 Å². The molecule has 0 saturated carbocycles. The van der Waals surface area contributed by atoms with Crippen molar-refractivity contribution < 1.29 is 28.5 Å². The molecule has 26 heavy (non-hydrogen) atoms. The monoisotopic (exact) mass is 359 g/mol. The zero-order chi connectivity index (χ0) is 18.9. The van der Waals surface area contributed by atoms with Crippen LogP contribution in [0.1, 0.15) is 5.56 Å². The highest BCUT2D eigenvalue weighted by molar-refractivity contribution is 5.93. The number of methoxy groups -OCH3 is 2. The van der Waals surface area contributed by atoms with Crippen molar-refractivity contribution in [3.05, 3.63) is 48.0 Å². The second kappa shape index (κ2) is 9.31. The molecule has 0 saturated heterocycles. The summed E-state index contributed by atoms with van der Waals surface area (Å²) in [6.07, 6.45) is 0. The summed E-state index contributed by atoms with van der Waals surface area (Å²) in [5.74, 6) is 0.542. The highest BCUT2D eigenvalue weighted by Gasteiger charge is 2.11. The Morgan fingerprint density at radius 2 is 1.62 bits per heavy atom. The van der Waals surface area contributed by atoms with Gasteiger partial charge in [0.1, 0.15) is 17.2 Å². The first-order valence-electron chi connectivity index (χ1n) is 7.89. The first-order chi connectivity index (χ1) is 12.5. The molecule has 2 aromatic rings. The largest absolute Gasteiger partial charge is 0.497 e. The summed E-state index contributed by atoms with van der Waals surface area (Å²) in [7, 11) is 3.02. The van der Waals surface area contributed by atoms with Crippen LogP contribution in [0.15, 0.2) is 42.5 Å². The van der Waals surface area contributed by atoms with Gasteiger partial charge in [-0.15, -0.1) is 0 Å². The Hall–Kier alpha value is -3.22. The Kier molecular flexibility index (Phi) is 6.84. The van der Waals surface area contributed by atoms with Gasteiger partial charge in [-0.25, -0.2) is 4.79 Å². The first-order valence-corrected chi connectivity index (χ1v) is 7.89. The smallest absolute Gasteiger partial charge is 0.344 e. The van der Waals surface area contributed by atoms with Crippen LogP contribution in [-0.2, 0) is 14.3 Å². The maximum Gasteiger partial charge on any atom is 0.344 e. The van der Waals surface area contributed by atoms with Crippen LogP contribution < -0.4 is 19.5 Å². The highest BCUT2D eigenvalue weighted by Crippen LogP contribution is 2.25. The number of anilines is 1. The molecule has 1 amide bonds. The molecule has 7 heteroatoms. The van der Waals surface area contributed by atoms with Gasteiger partial charge in [0, 0.05) is 23.9 Å². The Bertz CT molecular complexity index is 752. The molecule has 0 aliphatic carbocycles. The van der Waals surface area contributed by atoms with Gasteiger partial charge in [0.15, 0.2) is 13.2 Å². The third kappa shape index (κ3) is 5.70. The van der Waals surface area contributed by atoms with Crippen molar-refractivity contribution in [2.75, 3.05) is 32.8 Å². The maximum absolute atomic E-state index is 11.9. The molecule has 0 atom stereocenters. The number of aryl methyl sites for hydroxylation is 1. The molecular weight excluding hydrogens is 338 g/mol. The van der Waals surface area contributed by atoms with Gasteiger partial charge in [0.05, 0.1) is 14.2 Å². The molecule has 0 bridgehead atoms. The number of rotatable bonds is 8. The standard InChI is InChI=1S/C19H21NO6/c1-13-6-4-5-7-17(13)25-12-19(22)26-11-18(21)20-14-8-15(23-2)10-16(9-14)24-3/h4-10H,11-12H2,1-3H3,(H,20,21). The molecule has 0 radical (unpaired) electrons. The van der Waals surface area contributed by atoms with Gasteiger partial charge < -0.3 is 24.3 Å². The SMILES string of the molecule is COc1cc(NC(=O)COC(=O)COc2ccccc2C)cc(OC)c1. The molecule has 0 heterocycles. The number of benzene rings is 2. The normalized spacial score (nSPS) is 9.96. The van der Waals surface area contributed by atoms with Gasteiger partial charge in [-0.2, -0.15) is 0 Å². The highest BCUT2D eigenvalue weighted by atomic mass is 16.6. The third-order valence-electron chi connectivity index (χ3n) is 3.44. The number of carbonyl (C=O) groups excluding carboxylic acids is 2. The lowest BCUT2D eigenvalue weighted by Gasteiger charge is -2.11. The molecule has 138 valence electrons. The lowest BCUT2D eigenvalue weighted by Crippen LogP contribution is -2.23. The minimum Gasteiger partial charge on any atom is -0.497 e. The Morgan fingerprint density at radius 1 is 0.962 bits per heavy atom. The van der Waals surface area contributed by atoms with Crippen LogP contribution in [0, 0.1) is 6.92 Å². The van der Waals surface area contributed by atoms with Crippen LogP contribution in [0.3, 0.4) is 0 Å². The van der Waals surface area contributed by atoms with E-state index in [-0.39, 0.29) is 6.61 Å². The molecule has 1 N–H and O–H groups in total. The Morgan fingerprint density at radius 3 is 2.23 bits per heavy atom. The van der Waals surface area contributed by atoms with Crippen LogP contribution in [0.2, 0.25) is 0 Å². The lowest BCUT2D eigenvalue weighted by molar-refractivity contribution is -0.149. The molecule has 0 aliphatic rings. The van der Waals surface area contributed by atoms with Crippen molar-refractivity contribution in [1.29, 1.82) is 0 Å². The number of hydrogen-bond acceptors (Lipinski definition) is 6. The number of nitrogens with one attached hydrogen (secondary N) is 1. The minimum atomic E-state index is -0.633. The number of amides is 1. The summed E-state index contributed by atoms with van der Waals surface area (Å²) < 4.78 is 20.5. The van der Waals surface area contributed by atoms with E-state index in [1.165, 1.54) is 14.2 Å².